The maximum absolute atomic E-state index is 12.4. The first-order valence-corrected chi connectivity index (χ1v) is 6.29. The third kappa shape index (κ3) is 3.00. The van der Waals surface area contributed by atoms with Crippen LogP contribution < -0.4 is 0 Å². The van der Waals surface area contributed by atoms with Crippen molar-refractivity contribution in [3.8, 4) is 0 Å². The smallest absolute Gasteiger partial charge is 0.334 e. The first-order valence-electron chi connectivity index (χ1n) is 6.29. The number of nitro groups is 1. The van der Waals surface area contributed by atoms with Crippen molar-refractivity contribution in [2.24, 2.45) is 0 Å². The minimum Gasteiger partial charge on any atom is -0.479 e. The summed E-state index contributed by atoms with van der Waals surface area (Å²) >= 11 is 0. The fraction of sp³-hybridized carbons (Fsp3) is 0.385. The molecule has 0 bridgehead atoms. The fourth-order valence-corrected chi connectivity index (χ4v) is 2.21. The van der Waals surface area contributed by atoms with Crippen LogP contribution >= 0.6 is 0 Å². The molecule has 1 aromatic rings. The second kappa shape index (κ2) is 5.88. The van der Waals surface area contributed by atoms with E-state index in [1.807, 2.05) is 0 Å². The van der Waals surface area contributed by atoms with Gasteiger partial charge >= 0.3 is 5.97 Å². The van der Waals surface area contributed by atoms with E-state index >= 15 is 0 Å². The molecule has 21 heavy (non-hydrogen) atoms. The van der Waals surface area contributed by atoms with E-state index in [0.717, 1.165) is 0 Å². The molecule has 2 rings (SSSR count). The van der Waals surface area contributed by atoms with Gasteiger partial charge in [-0.2, -0.15) is 0 Å². The quantitative estimate of drug-likeness (QED) is 0.653. The normalized spacial score (nSPS) is 18.3. The number of carboxylic acid groups (broad SMARTS) is 1. The minimum absolute atomic E-state index is 0.0731. The lowest BCUT2D eigenvalue weighted by Crippen LogP contribution is -2.48. The van der Waals surface area contributed by atoms with E-state index in [9.17, 15) is 19.7 Å². The van der Waals surface area contributed by atoms with E-state index in [4.69, 9.17) is 9.84 Å². The van der Waals surface area contributed by atoms with E-state index in [-0.39, 0.29) is 36.5 Å². The van der Waals surface area contributed by atoms with Gasteiger partial charge in [0.2, 0.25) is 0 Å². The number of carbonyl (C=O) groups excluding carboxylic acids is 1. The van der Waals surface area contributed by atoms with Crippen molar-refractivity contribution >= 4 is 17.6 Å². The molecule has 0 aliphatic carbocycles. The van der Waals surface area contributed by atoms with Crippen LogP contribution in [0.5, 0.6) is 0 Å². The summed E-state index contributed by atoms with van der Waals surface area (Å²) in [6, 6.07) is 4.26. The number of hydrogen-bond donors (Lipinski definition) is 1. The summed E-state index contributed by atoms with van der Waals surface area (Å²) in [7, 11) is 0. The summed E-state index contributed by atoms with van der Waals surface area (Å²) in [6.07, 6.45) is -1.07. The summed E-state index contributed by atoms with van der Waals surface area (Å²) in [5.74, 6) is -1.56. The van der Waals surface area contributed by atoms with Crippen LogP contribution in [0.1, 0.15) is 15.9 Å². The van der Waals surface area contributed by atoms with E-state index in [0.29, 0.717) is 0 Å². The van der Waals surface area contributed by atoms with E-state index in [1.165, 1.54) is 30.0 Å². The van der Waals surface area contributed by atoms with Gasteiger partial charge in [-0.1, -0.05) is 6.07 Å². The number of nitro benzene ring substituents is 1. The van der Waals surface area contributed by atoms with Gasteiger partial charge in [-0.15, -0.1) is 0 Å². The average Bonchev–Trinajstić information content (AvgIpc) is 2.46. The van der Waals surface area contributed by atoms with Gasteiger partial charge in [0.1, 0.15) is 0 Å². The fourth-order valence-electron chi connectivity index (χ4n) is 2.21. The number of aliphatic carboxylic acids is 1. The Labute approximate surface area is 120 Å². The number of rotatable bonds is 3. The number of amides is 1. The lowest BCUT2D eigenvalue weighted by atomic mass is 10.1. The van der Waals surface area contributed by atoms with Crippen molar-refractivity contribution in [2.75, 3.05) is 19.7 Å². The van der Waals surface area contributed by atoms with E-state index < -0.39 is 22.9 Å². The molecule has 1 atom stereocenters. The number of ether oxygens (including phenoxy) is 1. The topological polar surface area (TPSA) is 110 Å². The van der Waals surface area contributed by atoms with Crippen molar-refractivity contribution in [1.29, 1.82) is 0 Å². The predicted molar refractivity (Wildman–Crippen MR) is 71.1 cm³/mol. The van der Waals surface area contributed by atoms with E-state index in [1.54, 1.807) is 0 Å². The molecule has 0 saturated carbocycles. The molecule has 8 heteroatoms. The second-order valence-corrected chi connectivity index (χ2v) is 4.66. The molecule has 1 fully saturated rings. The third-order valence-electron chi connectivity index (χ3n) is 3.36. The van der Waals surface area contributed by atoms with Gasteiger partial charge in [0, 0.05) is 23.7 Å². The Morgan fingerprint density at radius 2 is 2.19 bits per heavy atom. The predicted octanol–water partition coefficient (Wildman–Crippen LogP) is 0.829. The van der Waals surface area contributed by atoms with Gasteiger partial charge in [-0.05, 0) is 13.0 Å². The van der Waals surface area contributed by atoms with Crippen molar-refractivity contribution in [3.63, 3.8) is 0 Å². The van der Waals surface area contributed by atoms with Crippen molar-refractivity contribution in [3.05, 3.63) is 39.4 Å². The molecule has 1 N–H and O–H groups in total. The molecule has 112 valence electrons. The van der Waals surface area contributed by atoms with Crippen molar-refractivity contribution < 1.29 is 24.4 Å². The second-order valence-electron chi connectivity index (χ2n) is 4.66. The van der Waals surface area contributed by atoms with Crippen LogP contribution in [0.3, 0.4) is 0 Å². The highest BCUT2D eigenvalue weighted by atomic mass is 16.6. The number of benzene rings is 1. The molecule has 1 saturated heterocycles. The summed E-state index contributed by atoms with van der Waals surface area (Å²) in [5, 5.41) is 19.8. The Kier molecular flexibility index (Phi) is 4.18. The summed E-state index contributed by atoms with van der Waals surface area (Å²) in [6.45, 7) is 1.80. The molecule has 1 heterocycles. The van der Waals surface area contributed by atoms with Gasteiger partial charge in [-0.25, -0.2) is 4.79 Å². The number of morpholine rings is 1. The van der Waals surface area contributed by atoms with Gasteiger partial charge in [-0.3, -0.25) is 14.9 Å². The zero-order valence-corrected chi connectivity index (χ0v) is 11.3. The number of carboxylic acids is 1. The third-order valence-corrected chi connectivity index (χ3v) is 3.36. The molecule has 0 aromatic heterocycles. The molecule has 1 aliphatic heterocycles. The van der Waals surface area contributed by atoms with Crippen molar-refractivity contribution in [1.82, 2.24) is 4.90 Å². The SMILES string of the molecule is Cc1c(C(=O)N2CCOC(C(=O)O)C2)cccc1[N+](=O)[O-]. The molecule has 0 spiro atoms. The zero-order chi connectivity index (χ0) is 15.6. The van der Waals surface area contributed by atoms with Crippen LogP contribution in [0, 0.1) is 17.0 Å². The van der Waals surface area contributed by atoms with Crippen LogP contribution in [-0.4, -0.2) is 52.6 Å². The number of carbonyl (C=O) groups is 2. The number of nitrogens with zero attached hydrogens (tertiary/aromatic N) is 2. The van der Waals surface area contributed by atoms with Gasteiger partial charge in [0.25, 0.3) is 11.6 Å². The van der Waals surface area contributed by atoms with Crippen LogP contribution in [-0.2, 0) is 9.53 Å². The van der Waals surface area contributed by atoms with Crippen LogP contribution in [0.4, 0.5) is 5.69 Å². The Morgan fingerprint density at radius 3 is 2.81 bits per heavy atom. The first kappa shape index (κ1) is 14.9. The molecule has 1 aliphatic rings. The van der Waals surface area contributed by atoms with Crippen molar-refractivity contribution in [2.45, 2.75) is 13.0 Å². The first-order chi connectivity index (χ1) is 9.91. The maximum atomic E-state index is 12.4. The highest BCUT2D eigenvalue weighted by Crippen LogP contribution is 2.23. The Bertz CT molecular complexity index is 600. The van der Waals surface area contributed by atoms with Crippen LogP contribution in [0.15, 0.2) is 18.2 Å². The zero-order valence-electron chi connectivity index (χ0n) is 11.3. The van der Waals surface area contributed by atoms with E-state index in [2.05, 4.69) is 0 Å². The molecular weight excluding hydrogens is 280 g/mol. The van der Waals surface area contributed by atoms with Crippen LogP contribution in [0.2, 0.25) is 0 Å². The van der Waals surface area contributed by atoms with Crippen LogP contribution in [0.25, 0.3) is 0 Å². The molecule has 1 amide bonds. The lowest BCUT2D eigenvalue weighted by Gasteiger charge is -2.31. The summed E-state index contributed by atoms with van der Waals surface area (Å²) in [4.78, 5) is 35.0. The molecule has 1 unspecified atom stereocenters. The Hall–Kier alpha value is -2.48. The molecular formula is C13H14N2O6. The standard InChI is InChI=1S/C13H14N2O6/c1-8-9(3-2-4-10(8)15(19)20)12(16)14-5-6-21-11(7-14)13(17)18/h2-4,11H,5-7H2,1H3,(H,17,18). The largest absolute Gasteiger partial charge is 0.479 e. The summed E-state index contributed by atoms with van der Waals surface area (Å²) in [5.41, 5.74) is 0.338. The monoisotopic (exact) mass is 294 g/mol. The minimum atomic E-state index is -1.14. The highest BCUT2D eigenvalue weighted by Gasteiger charge is 2.30. The molecule has 8 nitrogen and oxygen atoms in total. The molecule has 1 aromatic carbocycles. The Balaban J connectivity index is 2.26. The molecule has 0 radical (unpaired) electrons. The maximum Gasteiger partial charge on any atom is 0.334 e. The number of hydrogen-bond acceptors (Lipinski definition) is 5. The van der Waals surface area contributed by atoms with Gasteiger partial charge in [0.15, 0.2) is 6.10 Å². The average molecular weight is 294 g/mol. The lowest BCUT2D eigenvalue weighted by molar-refractivity contribution is -0.385. The van der Waals surface area contributed by atoms with Gasteiger partial charge in [0.05, 0.1) is 18.1 Å². The van der Waals surface area contributed by atoms with Gasteiger partial charge < -0.3 is 14.7 Å². The highest BCUT2D eigenvalue weighted by molar-refractivity contribution is 5.97. The Morgan fingerprint density at radius 1 is 1.48 bits per heavy atom. The summed E-state index contributed by atoms with van der Waals surface area (Å²) < 4.78 is 5.05.